The van der Waals surface area contributed by atoms with Crippen molar-refractivity contribution in [2.45, 2.75) is 19.9 Å². The molecule has 2 rings (SSSR count). The smallest absolute Gasteiger partial charge is 0.171 e. The van der Waals surface area contributed by atoms with Crippen molar-refractivity contribution in [2.24, 2.45) is 0 Å². The maximum Gasteiger partial charge on any atom is 0.171 e. The Morgan fingerprint density at radius 3 is 2.61 bits per heavy atom. The van der Waals surface area contributed by atoms with Crippen LogP contribution in [-0.4, -0.2) is 17.8 Å². The predicted molar refractivity (Wildman–Crippen MR) is 105 cm³/mol. The van der Waals surface area contributed by atoms with Gasteiger partial charge in [0, 0.05) is 10.2 Å². The first-order valence-corrected chi connectivity index (χ1v) is 8.74. The van der Waals surface area contributed by atoms with Gasteiger partial charge in [0.1, 0.15) is 12.4 Å². The summed E-state index contributed by atoms with van der Waals surface area (Å²) in [6.45, 7) is 4.58. The van der Waals surface area contributed by atoms with Gasteiger partial charge < -0.3 is 15.4 Å². The maximum atomic E-state index is 6.06. The summed E-state index contributed by atoms with van der Waals surface area (Å²) in [4.78, 5) is 0. The van der Waals surface area contributed by atoms with Crippen LogP contribution in [0.5, 0.6) is 5.75 Å². The first kappa shape index (κ1) is 18.0. The van der Waals surface area contributed by atoms with Crippen molar-refractivity contribution in [3.63, 3.8) is 0 Å². The fraction of sp³-hybridized carbons (Fsp3) is 0.235. The molecule has 0 amide bonds. The molecule has 0 heterocycles. The Hall–Kier alpha value is -1.30. The third-order valence-electron chi connectivity index (χ3n) is 3.08. The number of thiocarbonyl (C=S) groups is 1. The number of hydrogen-bond acceptors (Lipinski definition) is 2. The topological polar surface area (TPSA) is 33.3 Å². The van der Waals surface area contributed by atoms with E-state index in [4.69, 9.17) is 28.6 Å². The molecule has 2 N–H and O–H groups in total. The van der Waals surface area contributed by atoms with Crippen molar-refractivity contribution < 1.29 is 4.74 Å². The highest BCUT2D eigenvalue weighted by Gasteiger charge is 2.06. The Bertz CT molecular complexity index is 679. The highest BCUT2D eigenvalue weighted by Crippen LogP contribution is 2.25. The second-order valence-electron chi connectivity index (χ2n) is 5.25. The van der Waals surface area contributed by atoms with Crippen LogP contribution in [0.3, 0.4) is 0 Å². The predicted octanol–water partition coefficient (Wildman–Crippen LogP) is 5.16. The summed E-state index contributed by atoms with van der Waals surface area (Å²) in [5, 5.41) is 7.45. The lowest BCUT2D eigenvalue weighted by Crippen LogP contribution is -2.39. The zero-order valence-corrected chi connectivity index (χ0v) is 16.1. The lowest BCUT2D eigenvalue weighted by molar-refractivity contribution is 0.287. The van der Waals surface area contributed by atoms with Crippen molar-refractivity contribution in [2.75, 3.05) is 11.9 Å². The lowest BCUT2D eigenvalue weighted by atomic mass is 10.2. The summed E-state index contributed by atoms with van der Waals surface area (Å²) in [6.07, 6.45) is 0. The van der Waals surface area contributed by atoms with Crippen LogP contribution in [-0.2, 0) is 0 Å². The fourth-order valence-corrected chi connectivity index (χ4v) is 2.61. The first-order valence-electron chi connectivity index (χ1n) is 7.16. The highest BCUT2D eigenvalue weighted by molar-refractivity contribution is 9.10. The van der Waals surface area contributed by atoms with Crippen molar-refractivity contribution in [1.82, 2.24) is 5.32 Å². The molecule has 23 heavy (non-hydrogen) atoms. The molecular formula is C17H18BrClN2OS. The number of halogens is 2. The molecule has 2 aromatic rings. The van der Waals surface area contributed by atoms with E-state index in [1.54, 1.807) is 0 Å². The summed E-state index contributed by atoms with van der Waals surface area (Å²) >= 11 is 14.7. The molecular weight excluding hydrogens is 396 g/mol. The molecule has 0 aliphatic heterocycles. The van der Waals surface area contributed by atoms with E-state index in [9.17, 15) is 0 Å². The second-order valence-corrected chi connectivity index (χ2v) is 6.92. The van der Waals surface area contributed by atoms with E-state index < -0.39 is 0 Å². The first-order chi connectivity index (χ1) is 10.9. The van der Waals surface area contributed by atoms with Crippen LogP contribution in [0, 0.1) is 6.92 Å². The second kappa shape index (κ2) is 8.52. The Kier molecular flexibility index (Phi) is 6.69. The van der Waals surface area contributed by atoms with Gasteiger partial charge in [-0.25, -0.2) is 0 Å². The normalized spacial score (nSPS) is 11.7. The van der Waals surface area contributed by atoms with Gasteiger partial charge in [0.05, 0.1) is 11.1 Å². The van der Waals surface area contributed by atoms with Crippen LogP contribution in [0.4, 0.5) is 5.69 Å². The van der Waals surface area contributed by atoms with Crippen molar-refractivity contribution in [3.05, 3.63) is 57.5 Å². The average Bonchev–Trinajstić information content (AvgIpc) is 2.50. The molecule has 0 fully saturated rings. The van der Waals surface area contributed by atoms with E-state index in [1.165, 1.54) is 5.56 Å². The third-order valence-corrected chi connectivity index (χ3v) is 4.53. The summed E-state index contributed by atoms with van der Waals surface area (Å²) in [6, 6.07) is 13.6. The van der Waals surface area contributed by atoms with Crippen LogP contribution in [0.15, 0.2) is 46.9 Å². The van der Waals surface area contributed by atoms with E-state index in [0.717, 1.165) is 15.9 Å². The van der Waals surface area contributed by atoms with Gasteiger partial charge in [0.15, 0.2) is 5.11 Å². The van der Waals surface area contributed by atoms with Crippen LogP contribution in [0.2, 0.25) is 5.02 Å². The van der Waals surface area contributed by atoms with E-state index in [-0.39, 0.29) is 6.04 Å². The minimum atomic E-state index is 0.0715. The lowest BCUT2D eigenvalue weighted by Gasteiger charge is -2.18. The van der Waals surface area contributed by atoms with Crippen LogP contribution in [0.25, 0.3) is 0 Å². The van der Waals surface area contributed by atoms with Gasteiger partial charge >= 0.3 is 0 Å². The van der Waals surface area contributed by atoms with Crippen LogP contribution >= 0.6 is 39.7 Å². The minimum absolute atomic E-state index is 0.0715. The Morgan fingerprint density at radius 1 is 1.26 bits per heavy atom. The van der Waals surface area contributed by atoms with Crippen LogP contribution in [0.1, 0.15) is 12.5 Å². The van der Waals surface area contributed by atoms with Gasteiger partial charge in [0.2, 0.25) is 0 Å². The van der Waals surface area contributed by atoms with E-state index >= 15 is 0 Å². The Balaban J connectivity index is 1.79. The van der Waals surface area contributed by atoms with Gasteiger partial charge in [-0.1, -0.05) is 29.3 Å². The van der Waals surface area contributed by atoms with Gasteiger partial charge in [-0.2, -0.15) is 0 Å². The molecule has 0 spiro atoms. The number of anilines is 1. The summed E-state index contributed by atoms with van der Waals surface area (Å²) in [5.41, 5.74) is 2.05. The SMILES string of the molecule is Cc1ccc(OCC(C)NC(=S)Nc2ccc(Br)c(Cl)c2)cc1. The zero-order valence-electron chi connectivity index (χ0n) is 12.9. The zero-order chi connectivity index (χ0) is 16.8. The standard InChI is InChI=1S/C17H18BrClN2OS/c1-11-3-6-14(7-4-11)22-10-12(2)20-17(23)21-13-5-8-15(18)16(19)9-13/h3-9,12H,10H2,1-2H3,(H2,20,21,23). The molecule has 0 bridgehead atoms. The maximum absolute atomic E-state index is 6.06. The minimum Gasteiger partial charge on any atom is -0.491 e. The van der Waals surface area contributed by atoms with Crippen molar-refractivity contribution in [1.29, 1.82) is 0 Å². The third kappa shape index (κ3) is 6.01. The Morgan fingerprint density at radius 2 is 1.96 bits per heavy atom. The van der Waals surface area contributed by atoms with Gasteiger partial charge in [-0.15, -0.1) is 0 Å². The molecule has 0 aliphatic rings. The number of hydrogen-bond donors (Lipinski definition) is 2. The summed E-state index contributed by atoms with van der Waals surface area (Å²) < 4.78 is 6.58. The largest absolute Gasteiger partial charge is 0.491 e. The highest BCUT2D eigenvalue weighted by atomic mass is 79.9. The molecule has 0 aromatic heterocycles. The van der Waals surface area contributed by atoms with E-state index in [0.29, 0.717) is 16.7 Å². The van der Waals surface area contributed by atoms with E-state index in [1.807, 2.05) is 56.3 Å². The summed E-state index contributed by atoms with van der Waals surface area (Å²) in [7, 11) is 0. The molecule has 0 saturated carbocycles. The molecule has 122 valence electrons. The number of benzene rings is 2. The molecule has 1 unspecified atom stereocenters. The number of aryl methyl sites for hydroxylation is 1. The monoisotopic (exact) mass is 412 g/mol. The van der Waals surface area contributed by atoms with Gasteiger partial charge in [-0.05, 0) is 72.3 Å². The quantitative estimate of drug-likeness (QED) is 0.663. The molecule has 6 heteroatoms. The number of nitrogens with one attached hydrogen (secondary N) is 2. The van der Waals surface area contributed by atoms with Gasteiger partial charge in [-0.3, -0.25) is 0 Å². The van der Waals surface area contributed by atoms with Crippen molar-refractivity contribution in [3.8, 4) is 5.75 Å². The average molecular weight is 414 g/mol. The molecule has 2 aromatic carbocycles. The fourth-order valence-electron chi connectivity index (χ4n) is 1.86. The molecule has 1 atom stereocenters. The number of rotatable bonds is 5. The molecule has 3 nitrogen and oxygen atoms in total. The van der Waals surface area contributed by atoms with Crippen molar-refractivity contribution >= 4 is 50.5 Å². The summed E-state index contributed by atoms with van der Waals surface area (Å²) in [5.74, 6) is 0.850. The molecule has 0 radical (unpaired) electrons. The Labute approximate surface area is 155 Å². The van der Waals surface area contributed by atoms with E-state index in [2.05, 4.69) is 26.6 Å². The number of ether oxygens (including phenoxy) is 1. The van der Waals surface area contributed by atoms with Crippen LogP contribution < -0.4 is 15.4 Å². The molecule has 0 saturated heterocycles. The molecule has 0 aliphatic carbocycles. The van der Waals surface area contributed by atoms with Gasteiger partial charge in [0.25, 0.3) is 0 Å².